The van der Waals surface area contributed by atoms with Gasteiger partial charge in [0.2, 0.25) is 0 Å². The SMILES string of the molecule is Cc1cccc(C)c1CNc1nc(-n2cc(OC(=O)O)cn2)nc2ccc(C3CCCCC3)cc12. The van der Waals surface area contributed by atoms with E-state index in [0.29, 0.717) is 18.4 Å². The van der Waals surface area contributed by atoms with Gasteiger partial charge in [-0.25, -0.2) is 14.5 Å². The normalized spacial score (nSPS) is 14.2. The number of rotatable bonds is 6. The van der Waals surface area contributed by atoms with E-state index in [9.17, 15) is 4.79 Å². The Bertz CT molecular complexity index is 1350. The lowest BCUT2D eigenvalue weighted by Gasteiger charge is -2.22. The second-order valence-electron chi connectivity index (χ2n) is 9.20. The van der Waals surface area contributed by atoms with E-state index in [1.54, 1.807) is 0 Å². The van der Waals surface area contributed by atoms with Crippen molar-refractivity contribution in [3.05, 3.63) is 71.0 Å². The number of carboxylic acid groups (broad SMARTS) is 1. The zero-order valence-electron chi connectivity index (χ0n) is 20.0. The molecule has 0 spiro atoms. The van der Waals surface area contributed by atoms with Crippen molar-refractivity contribution >= 4 is 22.9 Å². The number of hydrogen-bond acceptors (Lipinski definition) is 6. The summed E-state index contributed by atoms with van der Waals surface area (Å²) in [5.74, 6) is 1.74. The van der Waals surface area contributed by atoms with Gasteiger partial charge < -0.3 is 15.2 Å². The Balaban J connectivity index is 1.55. The fraction of sp³-hybridized carbons (Fsp3) is 0.333. The second-order valence-corrected chi connectivity index (χ2v) is 9.20. The minimum atomic E-state index is -1.39. The summed E-state index contributed by atoms with van der Waals surface area (Å²) in [4.78, 5) is 20.4. The highest BCUT2D eigenvalue weighted by molar-refractivity contribution is 5.90. The van der Waals surface area contributed by atoms with Crippen molar-refractivity contribution in [3.8, 4) is 11.7 Å². The topological polar surface area (TPSA) is 102 Å². The van der Waals surface area contributed by atoms with Crippen LogP contribution in [-0.4, -0.2) is 31.0 Å². The molecule has 4 aromatic rings. The van der Waals surface area contributed by atoms with E-state index in [-0.39, 0.29) is 5.75 Å². The zero-order chi connectivity index (χ0) is 24.4. The number of anilines is 1. The average molecular weight is 472 g/mol. The molecule has 2 aromatic carbocycles. The van der Waals surface area contributed by atoms with E-state index in [4.69, 9.17) is 19.8 Å². The molecule has 8 heteroatoms. The molecule has 0 atom stereocenters. The van der Waals surface area contributed by atoms with Gasteiger partial charge in [0, 0.05) is 11.9 Å². The molecule has 0 unspecified atom stereocenters. The Labute approximate surface area is 204 Å². The van der Waals surface area contributed by atoms with Gasteiger partial charge in [-0.2, -0.15) is 10.1 Å². The lowest BCUT2D eigenvalue weighted by Crippen LogP contribution is -2.10. The lowest BCUT2D eigenvalue weighted by molar-refractivity contribution is 0.144. The van der Waals surface area contributed by atoms with Crippen LogP contribution in [0.2, 0.25) is 0 Å². The summed E-state index contributed by atoms with van der Waals surface area (Å²) in [6, 6.07) is 12.7. The first-order chi connectivity index (χ1) is 17.0. The third-order valence-electron chi connectivity index (χ3n) is 6.83. The molecule has 1 saturated carbocycles. The molecule has 1 aliphatic rings. The van der Waals surface area contributed by atoms with Crippen molar-refractivity contribution < 1.29 is 14.6 Å². The molecule has 0 radical (unpaired) electrons. The van der Waals surface area contributed by atoms with E-state index in [0.717, 1.165) is 16.7 Å². The summed E-state index contributed by atoms with van der Waals surface area (Å²) in [5, 5.41) is 17.6. The van der Waals surface area contributed by atoms with Crippen LogP contribution in [0.3, 0.4) is 0 Å². The van der Waals surface area contributed by atoms with Crippen LogP contribution in [0.5, 0.6) is 5.75 Å². The summed E-state index contributed by atoms with van der Waals surface area (Å²) < 4.78 is 6.14. The molecule has 2 heterocycles. The number of benzene rings is 2. The van der Waals surface area contributed by atoms with Crippen LogP contribution in [0.15, 0.2) is 48.8 Å². The number of aryl methyl sites for hydroxylation is 2. The van der Waals surface area contributed by atoms with Gasteiger partial charge >= 0.3 is 6.16 Å². The monoisotopic (exact) mass is 471 g/mol. The maximum Gasteiger partial charge on any atom is 0.511 e. The molecular formula is C27H29N5O3. The molecule has 8 nitrogen and oxygen atoms in total. The second kappa shape index (κ2) is 9.74. The summed E-state index contributed by atoms with van der Waals surface area (Å²) in [6.07, 6.45) is 7.70. The first-order valence-corrected chi connectivity index (χ1v) is 12.0. The van der Waals surface area contributed by atoms with Gasteiger partial charge in [0.1, 0.15) is 5.82 Å². The van der Waals surface area contributed by atoms with Gasteiger partial charge in [-0.3, -0.25) is 0 Å². The molecule has 5 rings (SSSR count). The molecule has 0 bridgehead atoms. The Morgan fingerprint density at radius 2 is 1.89 bits per heavy atom. The quantitative estimate of drug-likeness (QED) is 0.325. The number of aromatic nitrogens is 4. The molecular weight excluding hydrogens is 442 g/mol. The minimum Gasteiger partial charge on any atom is -0.449 e. The third-order valence-corrected chi connectivity index (χ3v) is 6.83. The largest absolute Gasteiger partial charge is 0.511 e. The predicted molar refractivity (Wildman–Crippen MR) is 134 cm³/mol. The number of ether oxygens (including phenoxy) is 1. The van der Waals surface area contributed by atoms with Gasteiger partial charge in [0.05, 0.1) is 17.9 Å². The van der Waals surface area contributed by atoms with E-state index < -0.39 is 6.16 Å². The molecule has 1 aliphatic carbocycles. The van der Waals surface area contributed by atoms with E-state index in [1.807, 2.05) is 6.07 Å². The number of hydrogen-bond donors (Lipinski definition) is 2. The van der Waals surface area contributed by atoms with Gasteiger partial charge in [-0.05, 0) is 67.0 Å². The van der Waals surface area contributed by atoms with Crippen LogP contribution >= 0.6 is 0 Å². The van der Waals surface area contributed by atoms with E-state index in [2.05, 4.69) is 54.6 Å². The van der Waals surface area contributed by atoms with Crippen LogP contribution in [0.1, 0.15) is 60.3 Å². The smallest absolute Gasteiger partial charge is 0.449 e. The Morgan fingerprint density at radius 1 is 1.11 bits per heavy atom. The standard InChI is InChI=1S/C27H29N5O3/c1-17-7-6-8-18(2)23(17)15-28-25-22-13-20(19-9-4-3-5-10-19)11-12-24(22)30-26(31-25)32-16-21(14-29-32)35-27(33)34/h6-8,11-14,16,19H,3-5,9-10,15H2,1-2H3,(H,33,34)(H,28,30,31). The van der Waals surface area contributed by atoms with Crippen molar-refractivity contribution in [2.24, 2.45) is 0 Å². The van der Waals surface area contributed by atoms with Gasteiger partial charge in [-0.15, -0.1) is 0 Å². The Morgan fingerprint density at radius 3 is 2.63 bits per heavy atom. The van der Waals surface area contributed by atoms with Crippen LogP contribution in [0.4, 0.5) is 10.6 Å². The summed E-state index contributed by atoms with van der Waals surface area (Å²) in [6.45, 7) is 4.86. The molecule has 35 heavy (non-hydrogen) atoms. The fourth-order valence-corrected chi connectivity index (χ4v) is 4.93. The van der Waals surface area contributed by atoms with E-state index in [1.165, 1.54) is 71.4 Å². The highest BCUT2D eigenvalue weighted by atomic mass is 16.7. The van der Waals surface area contributed by atoms with Crippen molar-refractivity contribution in [3.63, 3.8) is 0 Å². The summed E-state index contributed by atoms with van der Waals surface area (Å²) >= 11 is 0. The molecule has 180 valence electrons. The van der Waals surface area contributed by atoms with Gasteiger partial charge in [0.15, 0.2) is 5.75 Å². The van der Waals surface area contributed by atoms with Crippen molar-refractivity contribution in [1.29, 1.82) is 0 Å². The molecule has 0 aliphatic heterocycles. The maximum absolute atomic E-state index is 10.9. The molecule has 0 amide bonds. The van der Waals surface area contributed by atoms with Gasteiger partial charge in [0.25, 0.3) is 5.95 Å². The van der Waals surface area contributed by atoms with Crippen molar-refractivity contribution in [2.45, 2.75) is 58.4 Å². The molecule has 1 fully saturated rings. The maximum atomic E-state index is 10.9. The minimum absolute atomic E-state index is 0.110. The Kier molecular flexibility index (Phi) is 6.35. The fourth-order valence-electron chi connectivity index (χ4n) is 4.93. The molecule has 2 N–H and O–H groups in total. The lowest BCUT2D eigenvalue weighted by atomic mass is 9.84. The first kappa shape index (κ1) is 22.8. The van der Waals surface area contributed by atoms with Crippen LogP contribution in [-0.2, 0) is 6.54 Å². The number of nitrogens with one attached hydrogen (secondary N) is 1. The third kappa shape index (κ3) is 4.96. The average Bonchev–Trinajstić information content (AvgIpc) is 3.31. The summed E-state index contributed by atoms with van der Waals surface area (Å²) in [5.41, 5.74) is 5.82. The van der Waals surface area contributed by atoms with Crippen LogP contribution < -0.4 is 10.1 Å². The number of nitrogens with zero attached hydrogens (tertiary/aromatic N) is 4. The van der Waals surface area contributed by atoms with Crippen molar-refractivity contribution in [1.82, 2.24) is 19.7 Å². The highest BCUT2D eigenvalue weighted by Crippen LogP contribution is 2.35. The highest BCUT2D eigenvalue weighted by Gasteiger charge is 2.18. The summed E-state index contributed by atoms with van der Waals surface area (Å²) in [7, 11) is 0. The zero-order valence-corrected chi connectivity index (χ0v) is 20.0. The number of fused-ring (bicyclic) bond motifs is 1. The Hall–Kier alpha value is -3.94. The molecule has 2 aromatic heterocycles. The van der Waals surface area contributed by atoms with Gasteiger partial charge in [-0.1, -0.05) is 43.5 Å². The van der Waals surface area contributed by atoms with Crippen LogP contribution in [0.25, 0.3) is 16.9 Å². The van der Waals surface area contributed by atoms with E-state index >= 15 is 0 Å². The predicted octanol–water partition coefficient (Wildman–Crippen LogP) is 6.15. The number of carbonyl (C=O) groups is 1. The van der Waals surface area contributed by atoms with Crippen LogP contribution in [0, 0.1) is 13.8 Å². The van der Waals surface area contributed by atoms with Crippen molar-refractivity contribution in [2.75, 3.05) is 5.32 Å². The molecule has 0 saturated heterocycles. The first-order valence-electron chi connectivity index (χ1n) is 12.0.